The number of anilines is 1. The first-order valence-electron chi connectivity index (χ1n) is 11.9. The smallest absolute Gasteiger partial charge is 0.257 e. The maximum absolute atomic E-state index is 14.7. The molecule has 36 heavy (non-hydrogen) atoms. The number of carbonyl (C=O) groups is 1. The van der Waals surface area contributed by atoms with Gasteiger partial charge >= 0.3 is 0 Å². The van der Waals surface area contributed by atoms with E-state index < -0.39 is 0 Å². The van der Waals surface area contributed by atoms with Crippen LogP contribution in [0.15, 0.2) is 42.6 Å². The van der Waals surface area contributed by atoms with E-state index in [1.807, 2.05) is 25.1 Å². The monoisotopic (exact) mass is 489 g/mol. The first-order valence-corrected chi connectivity index (χ1v) is 11.9. The average molecular weight is 490 g/mol. The Morgan fingerprint density at radius 3 is 2.78 bits per heavy atom. The van der Waals surface area contributed by atoms with Crippen LogP contribution in [-0.2, 0) is 13.1 Å². The number of methoxy groups -OCH3 is 1. The third kappa shape index (κ3) is 4.72. The number of aromatic nitrogens is 4. The number of amides is 1. The molecule has 1 amide bonds. The molecule has 3 aromatic heterocycles. The minimum absolute atomic E-state index is 0.179. The van der Waals surface area contributed by atoms with Gasteiger partial charge in [-0.2, -0.15) is 4.98 Å². The minimum Gasteiger partial charge on any atom is -0.480 e. The zero-order chi connectivity index (χ0) is 25.2. The summed E-state index contributed by atoms with van der Waals surface area (Å²) in [5, 5.41) is 7.02. The van der Waals surface area contributed by atoms with Gasteiger partial charge in [-0.05, 0) is 68.2 Å². The van der Waals surface area contributed by atoms with Crippen LogP contribution in [0.3, 0.4) is 0 Å². The largest absolute Gasteiger partial charge is 0.480 e. The summed E-state index contributed by atoms with van der Waals surface area (Å²) < 4.78 is 21.7. The van der Waals surface area contributed by atoms with Crippen LogP contribution in [0.5, 0.6) is 5.88 Å². The fourth-order valence-electron chi connectivity index (χ4n) is 4.64. The van der Waals surface area contributed by atoms with Crippen LogP contribution >= 0.6 is 0 Å². The second-order valence-electron chi connectivity index (χ2n) is 8.91. The van der Waals surface area contributed by atoms with Gasteiger partial charge in [0.25, 0.3) is 5.91 Å². The van der Waals surface area contributed by atoms with E-state index in [1.165, 1.54) is 13.2 Å². The van der Waals surface area contributed by atoms with E-state index >= 15 is 0 Å². The van der Waals surface area contributed by atoms with E-state index in [1.54, 1.807) is 22.8 Å². The lowest BCUT2D eigenvalue weighted by Gasteiger charge is -2.19. The van der Waals surface area contributed by atoms with Gasteiger partial charge in [-0.15, -0.1) is 5.10 Å². The van der Waals surface area contributed by atoms with Crippen molar-refractivity contribution >= 4 is 17.5 Å². The second kappa shape index (κ2) is 9.90. The summed E-state index contributed by atoms with van der Waals surface area (Å²) in [5.74, 6) is -0.212. The van der Waals surface area contributed by atoms with Crippen LogP contribution in [0.4, 0.5) is 10.3 Å². The van der Waals surface area contributed by atoms with Gasteiger partial charge in [-0.1, -0.05) is 12.1 Å². The Labute approximate surface area is 208 Å². The molecule has 1 fully saturated rings. The van der Waals surface area contributed by atoms with Crippen LogP contribution in [0.2, 0.25) is 0 Å². The molecule has 0 bridgehead atoms. The summed E-state index contributed by atoms with van der Waals surface area (Å²) in [5.41, 5.74) is 10.2. The SMILES string of the molecule is COc1nc(C)c(-c2ccn3nc(N)nc3c2)cc1C(=O)NCc1cccc(F)c1CN1CCCC1. The highest BCUT2D eigenvalue weighted by atomic mass is 19.1. The van der Waals surface area contributed by atoms with Gasteiger partial charge in [0.15, 0.2) is 5.65 Å². The number of nitrogens with zero attached hydrogens (tertiary/aromatic N) is 5. The summed E-state index contributed by atoms with van der Waals surface area (Å²) in [6.45, 7) is 4.49. The van der Waals surface area contributed by atoms with Crippen molar-refractivity contribution in [3.8, 4) is 17.0 Å². The minimum atomic E-state index is -0.357. The number of pyridine rings is 2. The van der Waals surface area contributed by atoms with E-state index in [0.29, 0.717) is 23.4 Å². The Bertz CT molecular complexity index is 1430. The maximum atomic E-state index is 14.7. The summed E-state index contributed by atoms with van der Waals surface area (Å²) in [6, 6.07) is 10.4. The molecule has 186 valence electrons. The number of nitrogens with one attached hydrogen (secondary N) is 1. The maximum Gasteiger partial charge on any atom is 0.257 e. The molecule has 1 aromatic carbocycles. The summed E-state index contributed by atoms with van der Waals surface area (Å²) >= 11 is 0. The molecule has 4 heterocycles. The number of nitrogens with two attached hydrogens (primary N) is 1. The van der Waals surface area contributed by atoms with E-state index in [9.17, 15) is 9.18 Å². The number of rotatable bonds is 7. The summed E-state index contributed by atoms with van der Waals surface area (Å²) in [7, 11) is 1.48. The lowest BCUT2D eigenvalue weighted by molar-refractivity contribution is 0.0947. The van der Waals surface area contributed by atoms with Gasteiger partial charge in [0.1, 0.15) is 11.4 Å². The number of halogens is 1. The van der Waals surface area contributed by atoms with Crippen LogP contribution in [0.1, 0.15) is 40.0 Å². The Kier molecular flexibility index (Phi) is 6.51. The molecule has 5 rings (SSSR count). The Morgan fingerprint density at radius 1 is 1.19 bits per heavy atom. The molecule has 0 spiro atoms. The number of ether oxygens (including phenoxy) is 1. The van der Waals surface area contributed by atoms with Crippen LogP contribution < -0.4 is 15.8 Å². The van der Waals surface area contributed by atoms with Gasteiger partial charge in [-0.3, -0.25) is 9.69 Å². The molecule has 0 atom stereocenters. The van der Waals surface area contributed by atoms with Gasteiger partial charge < -0.3 is 15.8 Å². The van der Waals surface area contributed by atoms with Crippen molar-refractivity contribution in [3.63, 3.8) is 0 Å². The lowest BCUT2D eigenvalue weighted by atomic mass is 10.0. The molecule has 0 radical (unpaired) electrons. The molecular weight excluding hydrogens is 461 g/mol. The second-order valence-corrected chi connectivity index (χ2v) is 8.91. The molecule has 0 aliphatic carbocycles. The number of fused-ring (bicyclic) bond motifs is 1. The first-order chi connectivity index (χ1) is 17.4. The standard InChI is InChI=1S/C26H28FN7O2/c1-16-19(17-8-11-34-23(12-17)31-26(28)32-34)13-20(25(30-16)36-2)24(35)29-14-18-6-5-7-22(27)21(18)15-33-9-3-4-10-33/h5-8,11-13H,3-4,9-10,14-15H2,1-2H3,(H2,28,32)(H,29,35). The number of nitrogen functional groups attached to an aromatic ring is 1. The van der Waals surface area contributed by atoms with Crippen molar-refractivity contribution in [2.24, 2.45) is 0 Å². The van der Waals surface area contributed by atoms with Gasteiger partial charge in [0, 0.05) is 36.1 Å². The molecule has 10 heteroatoms. The van der Waals surface area contributed by atoms with Crippen molar-refractivity contribution in [3.05, 3.63) is 70.8 Å². The lowest BCUT2D eigenvalue weighted by Crippen LogP contribution is -2.26. The highest BCUT2D eigenvalue weighted by Gasteiger charge is 2.20. The van der Waals surface area contributed by atoms with Gasteiger partial charge in [0.05, 0.1) is 7.11 Å². The van der Waals surface area contributed by atoms with Crippen LogP contribution in [-0.4, -0.2) is 50.6 Å². The van der Waals surface area contributed by atoms with E-state index in [2.05, 4.69) is 25.3 Å². The number of hydrogen-bond donors (Lipinski definition) is 2. The normalized spacial score (nSPS) is 13.9. The van der Waals surface area contributed by atoms with E-state index in [0.717, 1.165) is 42.6 Å². The number of hydrogen-bond acceptors (Lipinski definition) is 7. The summed E-state index contributed by atoms with van der Waals surface area (Å²) in [4.78, 5) is 24.2. The molecular formula is C26H28FN7O2. The number of benzene rings is 1. The highest BCUT2D eigenvalue weighted by Crippen LogP contribution is 2.29. The molecule has 1 aliphatic heterocycles. The van der Waals surface area contributed by atoms with Crippen LogP contribution in [0, 0.1) is 12.7 Å². The predicted octanol–water partition coefficient (Wildman–Crippen LogP) is 3.36. The molecule has 3 N–H and O–H groups in total. The van der Waals surface area contributed by atoms with Crippen LogP contribution in [0.25, 0.3) is 16.8 Å². The van der Waals surface area contributed by atoms with E-state index in [-0.39, 0.29) is 35.7 Å². The molecule has 9 nitrogen and oxygen atoms in total. The Hall–Kier alpha value is -4.05. The van der Waals surface area contributed by atoms with Crippen molar-refractivity contribution in [2.75, 3.05) is 25.9 Å². The van der Waals surface area contributed by atoms with Crippen molar-refractivity contribution < 1.29 is 13.9 Å². The average Bonchev–Trinajstić information content (AvgIpc) is 3.52. The molecule has 4 aromatic rings. The number of aryl methyl sites for hydroxylation is 1. The summed E-state index contributed by atoms with van der Waals surface area (Å²) in [6.07, 6.45) is 4.00. The molecule has 1 saturated heterocycles. The van der Waals surface area contributed by atoms with E-state index in [4.69, 9.17) is 10.5 Å². The predicted molar refractivity (Wildman–Crippen MR) is 134 cm³/mol. The third-order valence-electron chi connectivity index (χ3n) is 6.52. The molecule has 0 saturated carbocycles. The van der Waals surface area contributed by atoms with Crippen molar-refractivity contribution in [1.29, 1.82) is 0 Å². The third-order valence-corrected chi connectivity index (χ3v) is 6.52. The Morgan fingerprint density at radius 2 is 2.00 bits per heavy atom. The fraction of sp³-hybridized carbons (Fsp3) is 0.308. The topological polar surface area (TPSA) is 111 Å². The van der Waals surface area contributed by atoms with Crippen molar-refractivity contribution in [1.82, 2.24) is 29.8 Å². The van der Waals surface area contributed by atoms with Gasteiger partial charge in [0.2, 0.25) is 11.8 Å². The van der Waals surface area contributed by atoms with Crippen molar-refractivity contribution in [2.45, 2.75) is 32.9 Å². The highest BCUT2D eigenvalue weighted by molar-refractivity contribution is 5.97. The molecule has 0 unspecified atom stereocenters. The number of likely N-dealkylation sites (tertiary alicyclic amines) is 1. The Balaban J connectivity index is 1.41. The zero-order valence-electron chi connectivity index (χ0n) is 20.3. The zero-order valence-corrected chi connectivity index (χ0v) is 20.3. The first kappa shape index (κ1) is 23.7. The number of carbonyl (C=O) groups excluding carboxylic acids is 1. The quantitative estimate of drug-likeness (QED) is 0.410. The molecule has 1 aliphatic rings. The van der Waals surface area contributed by atoms with Gasteiger partial charge in [-0.25, -0.2) is 13.9 Å². The fourth-order valence-corrected chi connectivity index (χ4v) is 4.64.